The second-order valence-corrected chi connectivity index (χ2v) is 8.55. The van der Waals surface area contributed by atoms with Gasteiger partial charge < -0.3 is 10.0 Å². The predicted molar refractivity (Wildman–Crippen MR) is 109 cm³/mol. The number of hydrogen-bond acceptors (Lipinski definition) is 5. The molecule has 0 saturated carbocycles. The number of benzene rings is 1. The number of nitrogens with zero attached hydrogens (tertiary/aromatic N) is 2. The van der Waals surface area contributed by atoms with Gasteiger partial charge in [-0.3, -0.25) is 14.9 Å². The van der Waals surface area contributed by atoms with E-state index in [1.54, 1.807) is 29.2 Å². The summed E-state index contributed by atoms with van der Waals surface area (Å²) in [4.78, 5) is 25.0. The van der Waals surface area contributed by atoms with E-state index in [1.807, 2.05) is 13.0 Å². The van der Waals surface area contributed by atoms with E-state index in [4.69, 9.17) is 5.11 Å². The summed E-state index contributed by atoms with van der Waals surface area (Å²) in [7, 11) is -3.43. The monoisotopic (exact) mass is 433 g/mol. The van der Waals surface area contributed by atoms with Gasteiger partial charge in [0.15, 0.2) is 0 Å². The van der Waals surface area contributed by atoms with Crippen LogP contribution in [-0.4, -0.2) is 73.4 Å². The number of carbonyl (C=O) groups is 2. The number of piperazine rings is 1. The molecule has 10 heteroatoms. The smallest absolute Gasteiger partial charge is 0.320 e. The number of rotatable bonds is 9. The Bertz CT molecular complexity index is 737. The minimum Gasteiger partial charge on any atom is -0.480 e. The lowest BCUT2D eigenvalue weighted by atomic mass is 10.1. The van der Waals surface area contributed by atoms with Crippen molar-refractivity contribution >= 4 is 34.3 Å². The summed E-state index contributed by atoms with van der Waals surface area (Å²) in [5.41, 5.74) is 0.732. The van der Waals surface area contributed by atoms with E-state index in [0.717, 1.165) is 5.56 Å². The average Bonchev–Trinajstić information content (AvgIpc) is 2.65. The molecule has 1 aromatic carbocycles. The Morgan fingerprint density at radius 1 is 1.14 bits per heavy atom. The molecule has 1 aromatic rings. The maximum Gasteiger partial charge on any atom is 0.320 e. The van der Waals surface area contributed by atoms with Gasteiger partial charge >= 0.3 is 5.97 Å². The summed E-state index contributed by atoms with van der Waals surface area (Å²) < 4.78 is 26.5. The van der Waals surface area contributed by atoms with Crippen molar-refractivity contribution in [2.45, 2.75) is 31.6 Å². The lowest BCUT2D eigenvalue weighted by Gasteiger charge is -2.34. The van der Waals surface area contributed by atoms with Crippen molar-refractivity contribution in [1.29, 1.82) is 0 Å². The van der Waals surface area contributed by atoms with Crippen molar-refractivity contribution in [2.75, 3.05) is 32.7 Å². The van der Waals surface area contributed by atoms with Gasteiger partial charge in [-0.2, -0.15) is 4.31 Å². The Labute approximate surface area is 172 Å². The van der Waals surface area contributed by atoms with Crippen LogP contribution in [0.2, 0.25) is 0 Å². The molecule has 2 rings (SSSR count). The van der Waals surface area contributed by atoms with E-state index < -0.39 is 22.0 Å². The zero-order chi connectivity index (χ0) is 19.9. The molecular weight excluding hydrogens is 406 g/mol. The first kappa shape index (κ1) is 24.4. The number of carboxylic acid groups (broad SMARTS) is 1. The highest BCUT2D eigenvalue weighted by Crippen LogP contribution is 2.13. The predicted octanol–water partition coefficient (Wildman–Crippen LogP) is 0.925. The molecule has 0 spiro atoms. The number of nitrogens with one attached hydrogen (secondary N) is 1. The molecular formula is C18H28ClN3O5S. The van der Waals surface area contributed by atoms with E-state index in [-0.39, 0.29) is 43.7 Å². The maximum atomic E-state index is 12.5. The van der Waals surface area contributed by atoms with Crippen LogP contribution in [0.5, 0.6) is 0 Å². The van der Waals surface area contributed by atoms with Gasteiger partial charge in [0.05, 0.1) is 12.3 Å². The van der Waals surface area contributed by atoms with Gasteiger partial charge in [0.2, 0.25) is 15.9 Å². The number of sulfonamides is 1. The molecule has 1 heterocycles. The van der Waals surface area contributed by atoms with Crippen molar-refractivity contribution < 1.29 is 23.1 Å². The summed E-state index contributed by atoms with van der Waals surface area (Å²) in [6.45, 7) is 2.93. The topological polar surface area (TPSA) is 107 Å². The van der Waals surface area contributed by atoms with Crippen molar-refractivity contribution in [2.24, 2.45) is 0 Å². The number of carbonyl (C=O) groups excluding carboxylic acids is 1. The van der Waals surface area contributed by atoms with Gasteiger partial charge in [-0.15, -0.1) is 12.4 Å². The number of carboxylic acids is 1. The molecule has 0 aromatic heterocycles. The van der Waals surface area contributed by atoms with Gasteiger partial charge in [0.25, 0.3) is 0 Å². The molecule has 1 amide bonds. The first-order chi connectivity index (χ1) is 12.8. The highest BCUT2D eigenvalue weighted by atomic mass is 35.5. The zero-order valence-corrected chi connectivity index (χ0v) is 17.5. The SMILES string of the molecule is CCCC(NCC(=O)N1CCN(S(=O)(=O)Cc2ccccc2)CC1)C(=O)O.Cl. The highest BCUT2D eigenvalue weighted by molar-refractivity contribution is 7.88. The van der Waals surface area contributed by atoms with Crippen LogP contribution in [0.3, 0.4) is 0 Å². The lowest BCUT2D eigenvalue weighted by molar-refractivity contribution is -0.140. The maximum absolute atomic E-state index is 12.5. The molecule has 1 aliphatic heterocycles. The fourth-order valence-electron chi connectivity index (χ4n) is 3.02. The van der Waals surface area contributed by atoms with Crippen molar-refractivity contribution in [3.05, 3.63) is 35.9 Å². The standard InChI is InChI=1S/C18H27N3O5S.ClH/c1-2-6-16(18(23)24)19-13-17(22)20-9-11-21(12-10-20)27(25,26)14-15-7-4-3-5-8-15;/h3-5,7-8,16,19H,2,6,9-14H2,1H3,(H,23,24);1H. The quantitative estimate of drug-likeness (QED) is 0.599. The minimum atomic E-state index is -3.43. The summed E-state index contributed by atoms with van der Waals surface area (Å²) in [6.07, 6.45) is 1.16. The molecule has 1 fully saturated rings. The third-order valence-electron chi connectivity index (χ3n) is 4.55. The fraction of sp³-hybridized carbons (Fsp3) is 0.556. The molecule has 1 unspecified atom stereocenters. The Balaban J connectivity index is 0.00000392. The summed E-state index contributed by atoms with van der Waals surface area (Å²) in [5.74, 6) is -1.24. The van der Waals surface area contributed by atoms with E-state index in [1.165, 1.54) is 4.31 Å². The molecule has 1 aliphatic rings. The number of halogens is 1. The largest absolute Gasteiger partial charge is 0.480 e. The van der Waals surface area contributed by atoms with Crippen LogP contribution < -0.4 is 5.32 Å². The Morgan fingerprint density at radius 2 is 1.75 bits per heavy atom. The first-order valence-corrected chi connectivity index (χ1v) is 10.7. The zero-order valence-electron chi connectivity index (χ0n) is 15.9. The molecule has 28 heavy (non-hydrogen) atoms. The van der Waals surface area contributed by atoms with Crippen LogP contribution in [0, 0.1) is 0 Å². The van der Waals surface area contributed by atoms with Crippen LogP contribution in [-0.2, 0) is 25.4 Å². The van der Waals surface area contributed by atoms with E-state index in [0.29, 0.717) is 25.9 Å². The van der Waals surface area contributed by atoms with Gasteiger partial charge in [0, 0.05) is 26.2 Å². The van der Waals surface area contributed by atoms with Crippen molar-refractivity contribution in [3.8, 4) is 0 Å². The van der Waals surface area contributed by atoms with E-state index in [9.17, 15) is 18.0 Å². The number of amides is 1. The minimum absolute atomic E-state index is 0. The fourth-order valence-corrected chi connectivity index (χ4v) is 4.53. The summed E-state index contributed by atoms with van der Waals surface area (Å²) in [6, 6.07) is 8.25. The Morgan fingerprint density at radius 3 is 2.29 bits per heavy atom. The van der Waals surface area contributed by atoms with E-state index >= 15 is 0 Å². The Kier molecular flexibility index (Phi) is 9.88. The lowest BCUT2D eigenvalue weighted by Crippen LogP contribution is -2.53. The highest BCUT2D eigenvalue weighted by Gasteiger charge is 2.29. The van der Waals surface area contributed by atoms with E-state index in [2.05, 4.69) is 5.32 Å². The third kappa shape index (κ3) is 7.05. The average molecular weight is 434 g/mol. The number of hydrogen-bond donors (Lipinski definition) is 2. The van der Waals surface area contributed by atoms with Gasteiger partial charge in [-0.05, 0) is 12.0 Å². The van der Waals surface area contributed by atoms with Crippen LogP contribution in [0.25, 0.3) is 0 Å². The molecule has 0 aliphatic carbocycles. The first-order valence-electron chi connectivity index (χ1n) is 9.09. The van der Waals surface area contributed by atoms with Gasteiger partial charge in [-0.25, -0.2) is 8.42 Å². The van der Waals surface area contributed by atoms with Crippen molar-refractivity contribution in [1.82, 2.24) is 14.5 Å². The summed E-state index contributed by atoms with van der Waals surface area (Å²) in [5, 5.41) is 11.9. The number of aliphatic carboxylic acids is 1. The van der Waals surface area contributed by atoms with Crippen LogP contribution in [0.15, 0.2) is 30.3 Å². The molecule has 158 valence electrons. The Hall–Kier alpha value is -1.68. The normalized spacial score (nSPS) is 16.2. The van der Waals surface area contributed by atoms with Crippen LogP contribution in [0.4, 0.5) is 0 Å². The van der Waals surface area contributed by atoms with Gasteiger partial charge in [-0.1, -0.05) is 43.7 Å². The van der Waals surface area contributed by atoms with Crippen LogP contribution >= 0.6 is 12.4 Å². The molecule has 0 radical (unpaired) electrons. The third-order valence-corrected chi connectivity index (χ3v) is 6.40. The molecule has 8 nitrogen and oxygen atoms in total. The van der Waals surface area contributed by atoms with Crippen molar-refractivity contribution in [3.63, 3.8) is 0 Å². The molecule has 0 bridgehead atoms. The molecule has 1 atom stereocenters. The van der Waals surface area contributed by atoms with Crippen LogP contribution in [0.1, 0.15) is 25.3 Å². The molecule has 1 saturated heterocycles. The van der Waals surface area contributed by atoms with Gasteiger partial charge in [0.1, 0.15) is 6.04 Å². The molecule has 2 N–H and O–H groups in total. The second-order valence-electron chi connectivity index (χ2n) is 6.58. The second kappa shape index (κ2) is 11.4. The summed E-state index contributed by atoms with van der Waals surface area (Å²) >= 11 is 0.